The van der Waals surface area contributed by atoms with Gasteiger partial charge >= 0.3 is 0 Å². The maximum absolute atomic E-state index is 12.4. The predicted octanol–water partition coefficient (Wildman–Crippen LogP) is 2.09. The van der Waals surface area contributed by atoms with E-state index < -0.39 is 5.91 Å². The summed E-state index contributed by atoms with van der Waals surface area (Å²) in [6.45, 7) is -0.215. The van der Waals surface area contributed by atoms with Crippen LogP contribution in [0.3, 0.4) is 0 Å². The lowest BCUT2D eigenvalue weighted by Gasteiger charge is -2.14. The number of rotatable bonds is 8. The number of anilines is 1. The lowest BCUT2D eigenvalue weighted by Crippen LogP contribution is -2.33. The number of hydrogen-bond donors (Lipinski definition) is 2. The van der Waals surface area contributed by atoms with E-state index in [0.717, 1.165) is 0 Å². The van der Waals surface area contributed by atoms with E-state index in [1.807, 2.05) is 0 Å². The molecule has 144 valence electrons. The molecule has 0 aliphatic heterocycles. The van der Waals surface area contributed by atoms with Crippen LogP contribution in [-0.4, -0.2) is 46.8 Å². The largest absolute Gasteiger partial charge is 0.495 e. The second-order valence-corrected chi connectivity index (χ2v) is 5.35. The van der Waals surface area contributed by atoms with Gasteiger partial charge in [0.15, 0.2) is 11.5 Å². The molecule has 8 heteroatoms. The molecule has 0 saturated heterocycles. The Kier molecular flexibility index (Phi) is 6.87. The number of methoxy groups -OCH3 is 4. The average molecular weight is 374 g/mol. The molecule has 0 unspecified atom stereocenters. The minimum atomic E-state index is -0.454. The maximum atomic E-state index is 12.4. The van der Waals surface area contributed by atoms with Crippen LogP contribution in [0.1, 0.15) is 10.4 Å². The van der Waals surface area contributed by atoms with Crippen LogP contribution < -0.4 is 29.6 Å². The monoisotopic (exact) mass is 374 g/mol. The minimum absolute atomic E-state index is 0.215. The molecule has 8 nitrogen and oxygen atoms in total. The fourth-order valence-electron chi connectivity index (χ4n) is 2.42. The molecule has 2 aromatic rings. The van der Waals surface area contributed by atoms with Crippen molar-refractivity contribution in [1.29, 1.82) is 0 Å². The van der Waals surface area contributed by atoms with Crippen LogP contribution in [0, 0.1) is 0 Å². The molecular weight excluding hydrogens is 352 g/mol. The molecule has 0 aliphatic rings. The van der Waals surface area contributed by atoms with Crippen LogP contribution >= 0.6 is 0 Å². The van der Waals surface area contributed by atoms with Crippen LogP contribution in [0.15, 0.2) is 36.4 Å². The summed E-state index contributed by atoms with van der Waals surface area (Å²) in [4.78, 5) is 24.5. The highest BCUT2D eigenvalue weighted by Crippen LogP contribution is 2.38. The van der Waals surface area contributed by atoms with Gasteiger partial charge < -0.3 is 29.6 Å². The molecule has 2 rings (SSSR count). The number of amides is 2. The van der Waals surface area contributed by atoms with Crippen molar-refractivity contribution in [3.8, 4) is 23.0 Å². The molecule has 0 spiro atoms. The lowest BCUT2D eigenvalue weighted by molar-refractivity contribution is -0.115. The second-order valence-electron chi connectivity index (χ2n) is 5.35. The van der Waals surface area contributed by atoms with Gasteiger partial charge in [-0.2, -0.15) is 0 Å². The smallest absolute Gasteiger partial charge is 0.251 e. The normalized spacial score (nSPS) is 9.93. The Hall–Kier alpha value is -3.42. The zero-order valence-corrected chi connectivity index (χ0v) is 15.6. The van der Waals surface area contributed by atoms with Crippen molar-refractivity contribution >= 4 is 17.5 Å². The van der Waals surface area contributed by atoms with E-state index in [4.69, 9.17) is 18.9 Å². The zero-order valence-electron chi connectivity index (χ0n) is 15.6. The molecule has 0 aliphatic carbocycles. The molecular formula is C19H22N2O6. The van der Waals surface area contributed by atoms with Crippen molar-refractivity contribution in [3.63, 3.8) is 0 Å². The van der Waals surface area contributed by atoms with E-state index in [1.165, 1.54) is 40.6 Å². The molecule has 0 radical (unpaired) electrons. The zero-order chi connectivity index (χ0) is 19.8. The van der Waals surface area contributed by atoms with Gasteiger partial charge in [0.05, 0.1) is 40.7 Å². The summed E-state index contributed by atoms with van der Waals surface area (Å²) in [7, 11) is 5.90. The third kappa shape index (κ3) is 4.81. The van der Waals surface area contributed by atoms with Crippen LogP contribution in [0.4, 0.5) is 5.69 Å². The summed E-state index contributed by atoms with van der Waals surface area (Å²) in [6.07, 6.45) is 0. The third-order valence-electron chi connectivity index (χ3n) is 3.72. The van der Waals surface area contributed by atoms with Gasteiger partial charge in [0.2, 0.25) is 11.7 Å². The number of benzene rings is 2. The number of para-hydroxylation sites is 2. The molecule has 0 atom stereocenters. The van der Waals surface area contributed by atoms with Crippen LogP contribution in [-0.2, 0) is 4.79 Å². The summed E-state index contributed by atoms with van der Waals surface area (Å²) in [6, 6.07) is 10.0. The van der Waals surface area contributed by atoms with Crippen molar-refractivity contribution in [2.75, 3.05) is 40.3 Å². The molecule has 0 aromatic heterocycles. The Morgan fingerprint density at radius 3 is 2.00 bits per heavy atom. The maximum Gasteiger partial charge on any atom is 0.251 e. The Labute approximate surface area is 157 Å². The molecule has 0 bridgehead atoms. The van der Waals surface area contributed by atoms with Gasteiger partial charge in [0, 0.05) is 5.56 Å². The first-order chi connectivity index (χ1) is 13.0. The third-order valence-corrected chi connectivity index (χ3v) is 3.72. The van der Waals surface area contributed by atoms with Crippen LogP contribution in [0.5, 0.6) is 23.0 Å². The highest BCUT2D eigenvalue weighted by molar-refractivity contribution is 6.00. The van der Waals surface area contributed by atoms with Crippen molar-refractivity contribution in [2.24, 2.45) is 0 Å². The topological polar surface area (TPSA) is 95.1 Å². The number of carbonyl (C=O) groups excluding carboxylic acids is 2. The van der Waals surface area contributed by atoms with E-state index >= 15 is 0 Å². The second kappa shape index (κ2) is 9.33. The molecule has 0 saturated carbocycles. The van der Waals surface area contributed by atoms with Crippen LogP contribution in [0.25, 0.3) is 0 Å². The van der Waals surface area contributed by atoms with Gasteiger partial charge in [-0.15, -0.1) is 0 Å². The van der Waals surface area contributed by atoms with E-state index in [-0.39, 0.29) is 18.0 Å². The van der Waals surface area contributed by atoms with Crippen molar-refractivity contribution < 1.29 is 28.5 Å². The number of nitrogens with one attached hydrogen (secondary N) is 2. The molecule has 27 heavy (non-hydrogen) atoms. The first-order valence-electron chi connectivity index (χ1n) is 8.05. The van der Waals surface area contributed by atoms with Crippen molar-refractivity contribution in [1.82, 2.24) is 5.32 Å². The summed E-state index contributed by atoms with van der Waals surface area (Å²) < 4.78 is 20.8. The van der Waals surface area contributed by atoms with Gasteiger partial charge in [-0.3, -0.25) is 9.59 Å². The standard InChI is InChI=1S/C19H22N2O6/c1-24-14-8-6-5-7-13(14)21-17(22)11-20-19(23)12-9-15(25-2)18(27-4)16(10-12)26-3/h5-10H,11H2,1-4H3,(H,20,23)(H,21,22). The highest BCUT2D eigenvalue weighted by Gasteiger charge is 2.17. The predicted molar refractivity (Wildman–Crippen MR) is 100 cm³/mol. The lowest BCUT2D eigenvalue weighted by atomic mass is 10.1. The van der Waals surface area contributed by atoms with E-state index in [1.54, 1.807) is 24.3 Å². The number of ether oxygens (including phenoxy) is 4. The SMILES string of the molecule is COc1ccccc1NC(=O)CNC(=O)c1cc(OC)c(OC)c(OC)c1. The summed E-state index contributed by atoms with van der Waals surface area (Å²) in [5.74, 6) is 0.762. The van der Waals surface area contributed by atoms with Crippen molar-refractivity contribution in [3.05, 3.63) is 42.0 Å². The van der Waals surface area contributed by atoms with Gasteiger partial charge in [0.1, 0.15) is 5.75 Å². The minimum Gasteiger partial charge on any atom is -0.495 e. The fraction of sp³-hybridized carbons (Fsp3) is 0.263. The summed E-state index contributed by atoms with van der Waals surface area (Å²) >= 11 is 0. The summed E-state index contributed by atoms with van der Waals surface area (Å²) in [5.41, 5.74) is 0.793. The summed E-state index contributed by atoms with van der Waals surface area (Å²) in [5, 5.41) is 5.24. The van der Waals surface area contributed by atoms with E-state index in [2.05, 4.69) is 10.6 Å². The Bertz CT molecular complexity index is 797. The Morgan fingerprint density at radius 2 is 1.44 bits per heavy atom. The van der Waals surface area contributed by atoms with Gasteiger partial charge in [-0.05, 0) is 24.3 Å². The van der Waals surface area contributed by atoms with Crippen LogP contribution in [0.2, 0.25) is 0 Å². The van der Waals surface area contributed by atoms with E-state index in [0.29, 0.717) is 28.7 Å². The molecule has 0 heterocycles. The number of carbonyl (C=O) groups is 2. The van der Waals surface area contributed by atoms with Gasteiger partial charge in [-0.1, -0.05) is 12.1 Å². The average Bonchev–Trinajstić information content (AvgIpc) is 2.71. The Balaban J connectivity index is 2.06. The first-order valence-corrected chi connectivity index (χ1v) is 8.05. The van der Waals surface area contributed by atoms with E-state index in [9.17, 15) is 9.59 Å². The quantitative estimate of drug-likeness (QED) is 0.735. The van der Waals surface area contributed by atoms with Crippen molar-refractivity contribution in [2.45, 2.75) is 0 Å². The molecule has 0 fully saturated rings. The Morgan fingerprint density at radius 1 is 0.852 bits per heavy atom. The molecule has 2 amide bonds. The molecule has 2 N–H and O–H groups in total. The van der Waals surface area contributed by atoms with Gasteiger partial charge in [0.25, 0.3) is 5.91 Å². The molecule has 2 aromatic carbocycles. The van der Waals surface area contributed by atoms with Gasteiger partial charge in [-0.25, -0.2) is 0 Å². The number of hydrogen-bond acceptors (Lipinski definition) is 6. The fourth-order valence-corrected chi connectivity index (χ4v) is 2.42. The highest BCUT2D eigenvalue weighted by atomic mass is 16.5. The first kappa shape index (κ1) is 19.9.